The van der Waals surface area contributed by atoms with Crippen molar-refractivity contribution in [2.45, 2.75) is 0 Å². The van der Waals surface area contributed by atoms with Gasteiger partial charge in [0.05, 0.1) is 12.8 Å². The first-order valence-corrected chi connectivity index (χ1v) is 8.65. The van der Waals surface area contributed by atoms with Crippen molar-refractivity contribution in [1.29, 1.82) is 0 Å². The monoisotopic (exact) mass is 354 g/mol. The van der Waals surface area contributed by atoms with E-state index in [1.165, 1.54) is 0 Å². The van der Waals surface area contributed by atoms with Crippen LogP contribution in [0.4, 0.5) is 5.69 Å². The molecule has 132 valence electrons. The molecule has 1 amide bonds. The van der Waals surface area contributed by atoms with Crippen LogP contribution >= 0.6 is 0 Å². The van der Waals surface area contributed by atoms with Crippen LogP contribution in [0.2, 0.25) is 0 Å². The van der Waals surface area contributed by atoms with Crippen molar-refractivity contribution in [3.05, 3.63) is 102 Å². The molecule has 0 unspecified atom stereocenters. The van der Waals surface area contributed by atoms with Crippen LogP contribution < -0.4 is 9.64 Å². The Balaban J connectivity index is 1.81. The zero-order valence-corrected chi connectivity index (χ0v) is 14.9. The second-order valence-electron chi connectivity index (χ2n) is 6.08. The van der Waals surface area contributed by atoms with E-state index in [1.54, 1.807) is 18.1 Å². The van der Waals surface area contributed by atoms with Crippen molar-refractivity contribution < 1.29 is 9.53 Å². The van der Waals surface area contributed by atoms with Crippen LogP contribution in [0.15, 0.2) is 95.6 Å². The Morgan fingerprint density at radius 1 is 0.889 bits per heavy atom. The summed E-state index contributed by atoms with van der Waals surface area (Å²) in [6.45, 7) is 0. The molecule has 3 aromatic carbocycles. The van der Waals surface area contributed by atoms with Crippen molar-refractivity contribution in [2.24, 2.45) is 4.99 Å². The van der Waals surface area contributed by atoms with E-state index < -0.39 is 0 Å². The molecule has 1 aliphatic rings. The zero-order valence-electron chi connectivity index (χ0n) is 14.9. The lowest BCUT2D eigenvalue weighted by atomic mass is 10.1. The standard InChI is InChI=1S/C23H18N2O2/c1-27-20-14-8-9-17(15-20)16-21-23(26)25(19-12-6-3-7-13-19)22(24-21)18-10-4-2-5-11-18/h2-16H,1H3/b21-16+. The van der Waals surface area contributed by atoms with Crippen molar-refractivity contribution in [2.75, 3.05) is 12.0 Å². The maximum atomic E-state index is 13.2. The van der Waals surface area contributed by atoms with E-state index in [4.69, 9.17) is 4.74 Å². The molecule has 0 N–H and O–H groups in total. The van der Waals surface area contributed by atoms with E-state index in [9.17, 15) is 4.79 Å². The van der Waals surface area contributed by atoms with E-state index >= 15 is 0 Å². The maximum absolute atomic E-state index is 13.2. The van der Waals surface area contributed by atoms with Gasteiger partial charge >= 0.3 is 0 Å². The van der Waals surface area contributed by atoms with Crippen LogP contribution in [0, 0.1) is 0 Å². The van der Waals surface area contributed by atoms with Crippen molar-refractivity contribution in [3.63, 3.8) is 0 Å². The fourth-order valence-corrected chi connectivity index (χ4v) is 3.00. The average molecular weight is 354 g/mol. The molecule has 4 rings (SSSR count). The number of para-hydroxylation sites is 1. The quantitative estimate of drug-likeness (QED) is 0.646. The number of ether oxygens (including phenoxy) is 1. The Hall–Kier alpha value is -3.66. The number of hydrogen-bond donors (Lipinski definition) is 0. The average Bonchev–Trinajstić information content (AvgIpc) is 3.05. The number of aliphatic imine (C=N–C) groups is 1. The van der Waals surface area contributed by atoms with Gasteiger partial charge in [-0.25, -0.2) is 4.99 Å². The molecule has 0 aliphatic carbocycles. The number of amides is 1. The molecule has 0 atom stereocenters. The third-order valence-electron chi connectivity index (χ3n) is 4.30. The molecular formula is C23H18N2O2. The third-order valence-corrected chi connectivity index (χ3v) is 4.30. The highest BCUT2D eigenvalue weighted by Crippen LogP contribution is 2.28. The Bertz CT molecular complexity index is 1020. The van der Waals surface area contributed by atoms with Gasteiger partial charge in [0.25, 0.3) is 5.91 Å². The van der Waals surface area contributed by atoms with Crippen molar-refractivity contribution >= 4 is 23.5 Å². The summed E-state index contributed by atoms with van der Waals surface area (Å²) in [6, 6.07) is 26.9. The van der Waals surface area contributed by atoms with Crippen LogP contribution in [-0.4, -0.2) is 18.9 Å². The maximum Gasteiger partial charge on any atom is 0.282 e. The Morgan fingerprint density at radius 2 is 1.59 bits per heavy atom. The molecule has 0 bridgehead atoms. The molecule has 4 nitrogen and oxygen atoms in total. The largest absolute Gasteiger partial charge is 0.497 e. The second-order valence-corrected chi connectivity index (χ2v) is 6.08. The van der Waals surface area contributed by atoms with Crippen LogP contribution in [0.1, 0.15) is 11.1 Å². The number of carbonyl (C=O) groups is 1. The number of rotatable bonds is 4. The van der Waals surface area contributed by atoms with Gasteiger partial charge in [-0.05, 0) is 35.9 Å². The first kappa shape index (κ1) is 16.8. The van der Waals surface area contributed by atoms with Gasteiger partial charge in [-0.15, -0.1) is 0 Å². The first-order valence-electron chi connectivity index (χ1n) is 8.65. The molecule has 0 fully saturated rings. The van der Waals surface area contributed by atoms with Crippen LogP contribution in [0.3, 0.4) is 0 Å². The minimum Gasteiger partial charge on any atom is -0.497 e. The molecule has 0 radical (unpaired) electrons. The summed E-state index contributed by atoms with van der Waals surface area (Å²) >= 11 is 0. The molecule has 0 saturated heterocycles. The second kappa shape index (κ2) is 7.30. The summed E-state index contributed by atoms with van der Waals surface area (Å²) in [6.07, 6.45) is 1.79. The summed E-state index contributed by atoms with van der Waals surface area (Å²) in [5.74, 6) is 1.21. The van der Waals surface area contributed by atoms with E-state index in [-0.39, 0.29) is 5.91 Å². The number of hydrogen-bond acceptors (Lipinski definition) is 3. The first-order chi connectivity index (χ1) is 13.3. The van der Waals surface area contributed by atoms with Gasteiger partial charge in [0.15, 0.2) is 0 Å². The molecule has 1 heterocycles. The zero-order chi connectivity index (χ0) is 18.6. The SMILES string of the molecule is COc1cccc(/C=C2/N=C(c3ccccc3)N(c3ccccc3)C2=O)c1. The smallest absolute Gasteiger partial charge is 0.282 e. The van der Waals surface area contributed by atoms with E-state index in [0.717, 1.165) is 22.6 Å². The molecule has 4 heteroatoms. The Labute approximate surface area is 158 Å². The minimum atomic E-state index is -0.150. The molecule has 1 aliphatic heterocycles. The van der Waals surface area contributed by atoms with Gasteiger partial charge < -0.3 is 4.74 Å². The molecule has 0 spiro atoms. The summed E-state index contributed by atoms with van der Waals surface area (Å²) in [5.41, 5.74) is 2.94. The topological polar surface area (TPSA) is 41.9 Å². The van der Waals surface area contributed by atoms with E-state index in [0.29, 0.717) is 11.5 Å². The lowest BCUT2D eigenvalue weighted by Crippen LogP contribution is -2.32. The minimum absolute atomic E-state index is 0.150. The highest BCUT2D eigenvalue weighted by molar-refractivity contribution is 6.33. The summed E-state index contributed by atoms with van der Waals surface area (Å²) < 4.78 is 5.27. The number of nitrogens with zero attached hydrogens (tertiary/aromatic N) is 2. The van der Waals surface area contributed by atoms with Crippen molar-refractivity contribution in [1.82, 2.24) is 0 Å². The van der Waals surface area contributed by atoms with Crippen LogP contribution in [0.25, 0.3) is 6.08 Å². The molecule has 27 heavy (non-hydrogen) atoms. The van der Waals surface area contributed by atoms with Crippen molar-refractivity contribution in [3.8, 4) is 5.75 Å². The van der Waals surface area contributed by atoms with Gasteiger partial charge in [0, 0.05) is 5.56 Å². The normalized spacial score (nSPS) is 15.1. The van der Waals surface area contributed by atoms with Gasteiger partial charge in [-0.3, -0.25) is 9.69 Å². The number of amidine groups is 1. The number of carbonyl (C=O) groups excluding carboxylic acids is 1. The molecule has 0 aromatic heterocycles. The van der Waals surface area contributed by atoms with Gasteiger partial charge in [0.2, 0.25) is 0 Å². The Kier molecular flexibility index (Phi) is 4.54. The van der Waals surface area contributed by atoms with E-state index in [1.807, 2.05) is 84.9 Å². The van der Waals surface area contributed by atoms with Crippen LogP contribution in [-0.2, 0) is 4.79 Å². The highest BCUT2D eigenvalue weighted by Gasteiger charge is 2.32. The molecule has 0 saturated carbocycles. The Morgan fingerprint density at radius 3 is 2.30 bits per heavy atom. The number of anilines is 1. The predicted octanol–water partition coefficient (Wildman–Crippen LogP) is 4.53. The van der Waals surface area contributed by atoms with Gasteiger partial charge in [-0.1, -0.05) is 60.7 Å². The van der Waals surface area contributed by atoms with Crippen LogP contribution in [0.5, 0.6) is 5.75 Å². The summed E-state index contributed by atoms with van der Waals surface area (Å²) in [5, 5.41) is 0. The third kappa shape index (κ3) is 3.37. The number of methoxy groups -OCH3 is 1. The summed E-state index contributed by atoms with van der Waals surface area (Å²) in [4.78, 5) is 19.5. The summed E-state index contributed by atoms with van der Waals surface area (Å²) in [7, 11) is 1.62. The fourth-order valence-electron chi connectivity index (χ4n) is 3.00. The lowest BCUT2D eigenvalue weighted by molar-refractivity contribution is -0.113. The number of benzene rings is 3. The van der Waals surface area contributed by atoms with Gasteiger partial charge in [-0.2, -0.15) is 0 Å². The molecular weight excluding hydrogens is 336 g/mol. The highest BCUT2D eigenvalue weighted by atomic mass is 16.5. The predicted molar refractivity (Wildman–Crippen MR) is 108 cm³/mol. The fraction of sp³-hybridized carbons (Fsp3) is 0.0435. The van der Waals surface area contributed by atoms with Gasteiger partial charge in [0.1, 0.15) is 17.3 Å². The van der Waals surface area contributed by atoms with E-state index in [2.05, 4.69) is 4.99 Å². The molecule has 3 aromatic rings. The lowest BCUT2D eigenvalue weighted by Gasteiger charge is -2.18.